The number of methoxy groups -OCH3 is 1. The van der Waals surface area contributed by atoms with Gasteiger partial charge in [0.25, 0.3) is 0 Å². The molecule has 1 saturated heterocycles. The first-order valence-electron chi connectivity index (χ1n) is 7.80. The standard InChI is InChI=1S/C17H25BrN2O/c1-17(2)11-20(15(9-19-17)12-4-5-12)10-13-8-14(18)6-7-16(13)21-3/h6-8,12,15,19H,4-5,9-11H2,1-3H3. The summed E-state index contributed by atoms with van der Waals surface area (Å²) in [6.07, 6.45) is 2.78. The van der Waals surface area contributed by atoms with Crippen LogP contribution in [0, 0.1) is 5.92 Å². The Bertz CT molecular complexity index is 514. The number of nitrogens with one attached hydrogen (secondary N) is 1. The molecule has 0 spiro atoms. The summed E-state index contributed by atoms with van der Waals surface area (Å²) in [5.41, 5.74) is 1.46. The Hall–Kier alpha value is -0.580. The molecule has 1 N–H and O–H groups in total. The molecule has 116 valence electrons. The molecular weight excluding hydrogens is 328 g/mol. The third-order valence-electron chi connectivity index (χ3n) is 4.64. The molecule has 0 amide bonds. The van der Waals surface area contributed by atoms with Crippen LogP contribution >= 0.6 is 15.9 Å². The SMILES string of the molecule is COc1ccc(Br)cc1CN1CC(C)(C)NCC1C1CC1. The highest BCUT2D eigenvalue weighted by Crippen LogP contribution is 2.38. The summed E-state index contributed by atoms with van der Waals surface area (Å²) < 4.78 is 6.66. The molecule has 0 bridgehead atoms. The van der Waals surface area contributed by atoms with E-state index in [2.05, 4.69) is 52.1 Å². The summed E-state index contributed by atoms with van der Waals surface area (Å²) in [6, 6.07) is 6.96. The molecular formula is C17H25BrN2O. The van der Waals surface area contributed by atoms with Crippen LogP contribution in [0.2, 0.25) is 0 Å². The lowest BCUT2D eigenvalue weighted by Gasteiger charge is -2.45. The fraction of sp³-hybridized carbons (Fsp3) is 0.647. The van der Waals surface area contributed by atoms with Crippen LogP contribution in [0.1, 0.15) is 32.3 Å². The van der Waals surface area contributed by atoms with E-state index in [4.69, 9.17) is 4.74 Å². The van der Waals surface area contributed by atoms with Crippen LogP contribution in [0.15, 0.2) is 22.7 Å². The quantitative estimate of drug-likeness (QED) is 0.898. The van der Waals surface area contributed by atoms with Gasteiger partial charge in [-0.25, -0.2) is 0 Å². The van der Waals surface area contributed by atoms with Gasteiger partial charge in [-0.3, -0.25) is 4.90 Å². The molecule has 1 saturated carbocycles. The summed E-state index contributed by atoms with van der Waals surface area (Å²) >= 11 is 3.58. The number of rotatable bonds is 4. The molecule has 1 aliphatic carbocycles. The largest absolute Gasteiger partial charge is 0.496 e. The van der Waals surface area contributed by atoms with Crippen molar-refractivity contribution in [1.82, 2.24) is 10.2 Å². The lowest BCUT2D eigenvalue weighted by atomic mass is 9.96. The number of nitrogens with zero attached hydrogens (tertiary/aromatic N) is 1. The predicted molar refractivity (Wildman–Crippen MR) is 89.7 cm³/mol. The molecule has 1 aliphatic heterocycles. The summed E-state index contributed by atoms with van der Waals surface area (Å²) in [7, 11) is 1.76. The van der Waals surface area contributed by atoms with E-state index in [9.17, 15) is 0 Å². The van der Waals surface area contributed by atoms with E-state index < -0.39 is 0 Å². The Morgan fingerprint density at radius 3 is 2.81 bits per heavy atom. The number of hydrogen-bond donors (Lipinski definition) is 1. The minimum Gasteiger partial charge on any atom is -0.496 e. The lowest BCUT2D eigenvalue weighted by molar-refractivity contribution is 0.0752. The maximum atomic E-state index is 5.54. The van der Waals surface area contributed by atoms with Gasteiger partial charge >= 0.3 is 0 Å². The van der Waals surface area contributed by atoms with Gasteiger partial charge in [-0.15, -0.1) is 0 Å². The van der Waals surface area contributed by atoms with Gasteiger partial charge < -0.3 is 10.1 Å². The normalized spacial score (nSPS) is 25.8. The first kappa shape index (κ1) is 15.3. The fourth-order valence-corrected chi connectivity index (χ4v) is 3.81. The molecule has 3 nitrogen and oxygen atoms in total. The number of halogens is 1. The average molecular weight is 353 g/mol. The molecule has 0 aromatic heterocycles. The minimum absolute atomic E-state index is 0.185. The van der Waals surface area contributed by atoms with Crippen LogP contribution < -0.4 is 10.1 Å². The Labute approximate surface area is 136 Å². The summed E-state index contributed by atoms with van der Waals surface area (Å²) in [4.78, 5) is 2.65. The molecule has 1 atom stereocenters. The van der Waals surface area contributed by atoms with Crippen molar-refractivity contribution in [2.75, 3.05) is 20.2 Å². The van der Waals surface area contributed by atoms with Crippen molar-refractivity contribution in [3.63, 3.8) is 0 Å². The van der Waals surface area contributed by atoms with Crippen molar-refractivity contribution in [1.29, 1.82) is 0 Å². The topological polar surface area (TPSA) is 24.5 Å². The average Bonchev–Trinajstić information content (AvgIpc) is 3.23. The van der Waals surface area contributed by atoms with Crippen LogP contribution in [0.4, 0.5) is 0 Å². The van der Waals surface area contributed by atoms with Gasteiger partial charge in [-0.1, -0.05) is 15.9 Å². The maximum Gasteiger partial charge on any atom is 0.123 e. The number of hydrogen-bond acceptors (Lipinski definition) is 3. The summed E-state index contributed by atoms with van der Waals surface area (Å²) in [5, 5.41) is 3.70. The van der Waals surface area contributed by atoms with Crippen LogP contribution in [0.25, 0.3) is 0 Å². The maximum absolute atomic E-state index is 5.54. The second kappa shape index (κ2) is 5.90. The van der Waals surface area contributed by atoms with Crippen molar-refractivity contribution >= 4 is 15.9 Å². The highest BCUT2D eigenvalue weighted by atomic mass is 79.9. The van der Waals surface area contributed by atoms with Gasteiger partial charge in [-0.05, 0) is 50.8 Å². The monoisotopic (exact) mass is 352 g/mol. The predicted octanol–water partition coefficient (Wildman–Crippen LogP) is 3.42. The first-order valence-corrected chi connectivity index (χ1v) is 8.59. The first-order chi connectivity index (χ1) is 9.98. The molecule has 1 heterocycles. The van der Waals surface area contributed by atoms with Crippen molar-refractivity contribution in [2.24, 2.45) is 5.92 Å². The molecule has 2 fully saturated rings. The molecule has 1 unspecified atom stereocenters. The third kappa shape index (κ3) is 3.61. The van der Waals surface area contributed by atoms with Gasteiger partial charge in [0.1, 0.15) is 5.75 Å². The van der Waals surface area contributed by atoms with Crippen LogP contribution in [0.5, 0.6) is 5.75 Å². The Morgan fingerprint density at radius 1 is 1.38 bits per heavy atom. The minimum atomic E-state index is 0.185. The van der Waals surface area contributed by atoms with Gasteiger partial charge in [0.15, 0.2) is 0 Å². The highest BCUT2D eigenvalue weighted by molar-refractivity contribution is 9.10. The van der Waals surface area contributed by atoms with E-state index >= 15 is 0 Å². The van der Waals surface area contributed by atoms with E-state index in [1.807, 2.05) is 6.07 Å². The van der Waals surface area contributed by atoms with E-state index in [0.717, 1.165) is 35.8 Å². The second-order valence-electron chi connectivity index (χ2n) is 7.03. The van der Waals surface area contributed by atoms with Gasteiger partial charge in [0, 0.05) is 41.3 Å². The smallest absolute Gasteiger partial charge is 0.123 e. The highest BCUT2D eigenvalue weighted by Gasteiger charge is 2.40. The van der Waals surface area contributed by atoms with Gasteiger partial charge in [-0.2, -0.15) is 0 Å². The molecule has 4 heteroatoms. The zero-order chi connectivity index (χ0) is 15.0. The second-order valence-corrected chi connectivity index (χ2v) is 7.95. The van der Waals surface area contributed by atoms with E-state index in [1.165, 1.54) is 18.4 Å². The molecule has 21 heavy (non-hydrogen) atoms. The lowest BCUT2D eigenvalue weighted by Crippen LogP contribution is -2.61. The van der Waals surface area contributed by atoms with Gasteiger partial charge in [0.05, 0.1) is 7.11 Å². The van der Waals surface area contributed by atoms with E-state index in [-0.39, 0.29) is 5.54 Å². The molecule has 3 rings (SSSR count). The van der Waals surface area contributed by atoms with Gasteiger partial charge in [0.2, 0.25) is 0 Å². The zero-order valence-corrected chi connectivity index (χ0v) is 14.7. The van der Waals surface area contributed by atoms with E-state index in [1.54, 1.807) is 7.11 Å². The third-order valence-corrected chi connectivity index (χ3v) is 5.13. The molecule has 0 radical (unpaired) electrons. The zero-order valence-electron chi connectivity index (χ0n) is 13.2. The van der Waals surface area contributed by atoms with Crippen LogP contribution in [-0.2, 0) is 6.54 Å². The fourth-order valence-electron chi connectivity index (χ4n) is 3.40. The van der Waals surface area contributed by atoms with E-state index in [0.29, 0.717) is 6.04 Å². The summed E-state index contributed by atoms with van der Waals surface area (Å²) in [6.45, 7) is 7.75. The summed E-state index contributed by atoms with van der Waals surface area (Å²) in [5.74, 6) is 1.87. The molecule has 2 aliphatic rings. The van der Waals surface area contributed by atoms with Crippen LogP contribution in [-0.4, -0.2) is 36.7 Å². The molecule has 1 aromatic carbocycles. The Balaban J connectivity index is 1.81. The van der Waals surface area contributed by atoms with Crippen molar-refractivity contribution in [3.8, 4) is 5.75 Å². The number of piperazine rings is 1. The number of ether oxygens (including phenoxy) is 1. The van der Waals surface area contributed by atoms with Crippen molar-refractivity contribution < 1.29 is 4.74 Å². The molecule has 1 aromatic rings. The Morgan fingerprint density at radius 2 is 2.14 bits per heavy atom. The van der Waals surface area contributed by atoms with Crippen molar-refractivity contribution in [3.05, 3.63) is 28.2 Å². The number of benzene rings is 1. The van der Waals surface area contributed by atoms with Crippen molar-refractivity contribution in [2.45, 2.75) is 44.8 Å². The van der Waals surface area contributed by atoms with Crippen LogP contribution in [0.3, 0.4) is 0 Å². The Kier molecular flexibility index (Phi) is 4.30.